The first-order valence-electron chi connectivity index (χ1n) is 6.75. The first kappa shape index (κ1) is 16.1. The third-order valence-electron chi connectivity index (χ3n) is 3.40. The second-order valence-corrected chi connectivity index (χ2v) is 8.78. The van der Waals surface area contributed by atoms with E-state index in [1.807, 2.05) is 30.5 Å². The molecule has 0 saturated carbocycles. The second kappa shape index (κ2) is 5.85. The summed E-state index contributed by atoms with van der Waals surface area (Å²) < 4.78 is 25.2. The van der Waals surface area contributed by atoms with Crippen LogP contribution in [0.15, 0.2) is 63.2 Å². The van der Waals surface area contributed by atoms with Crippen LogP contribution in [0.2, 0.25) is 0 Å². The third kappa shape index (κ3) is 3.50. The number of sulfone groups is 1. The van der Waals surface area contributed by atoms with Gasteiger partial charge in [0.05, 0.1) is 9.79 Å². The van der Waals surface area contributed by atoms with Gasteiger partial charge >= 0.3 is 0 Å². The number of hydrogen-bond donors (Lipinski definition) is 0. The van der Waals surface area contributed by atoms with Crippen molar-refractivity contribution in [1.29, 1.82) is 0 Å². The number of benzene rings is 2. The minimum atomic E-state index is -3.44. The van der Waals surface area contributed by atoms with Crippen LogP contribution in [-0.4, -0.2) is 14.7 Å². The van der Waals surface area contributed by atoms with Crippen molar-refractivity contribution in [3.63, 3.8) is 0 Å². The van der Waals surface area contributed by atoms with Crippen LogP contribution in [0.4, 0.5) is 0 Å². The molecule has 0 saturated heterocycles. The van der Waals surface area contributed by atoms with Crippen molar-refractivity contribution < 1.29 is 8.42 Å². The molecule has 112 valence electrons. The summed E-state index contributed by atoms with van der Waals surface area (Å²) in [5.74, 6) is 0. The molecule has 0 spiro atoms. The van der Waals surface area contributed by atoms with E-state index in [0.29, 0.717) is 9.79 Å². The molecule has 2 rings (SSSR count). The molecule has 0 bridgehead atoms. The average molecular weight is 320 g/mol. The van der Waals surface area contributed by atoms with Gasteiger partial charge in [0.1, 0.15) is 0 Å². The summed E-state index contributed by atoms with van der Waals surface area (Å²) in [6.45, 7) is 6.33. The van der Waals surface area contributed by atoms with E-state index in [1.54, 1.807) is 36.0 Å². The van der Waals surface area contributed by atoms with E-state index in [0.717, 1.165) is 10.5 Å². The van der Waals surface area contributed by atoms with Crippen LogP contribution < -0.4 is 0 Å². The first-order valence-corrected chi connectivity index (χ1v) is 9.45. The summed E-state index contributed by atoms with van der Waals surface area (Å²) in [5, 5.41) is 0. The Bertz CT molecular complexity index is 707. The van der Waals surface area contributed by atoms with Crippen molar-refractivity contribution in [2.75, 3.05) is 6.26 Å². The lowest BCUT2D eigenvalue weighted by Crippen LogP contribution is -2.11. The molecule has 4 heteroatoms. The maximum Gasteiger partial charge on any atom is 0.206 e. The summed E-state index contributed by atoms with van der Waals surface area (Å²) >= 11 is 1.59. The normalized spacial score (nSPS) is 12.4. The number of rotatable bonds is 3. The van der Waals surface area contributed by atoms with Crippen molar-refractivity contribution in [2.45, 2.75) is 40.9 Å². The van der Waals surface area contributed by atoms with Crippen molar-refractivity contribution >= 4 is 21.6 Å². The van der Waals surface area contributed by atoms with Gasteiger partial charge in [0.15, 0.2) is 0 Å². The summed E-state index contributed by atoms with van der Waals surface area (Å²) in [6.07, 6.45) is 1.97. The van der Waals surface area contributed by atoms with Crippen molar-refractivity contribution in [2.24, 2.45) is 0 Å². The fraction of sp³-hybridized carbons (Fsp3) is 0.294. The van der Waals surface area contributed by atoms with Crippen LogP contribution in [0.5, 0.6) is 0 Å². The Morgan fingerprint density at radius 2 is 1.24 bits per heavy atom. The minimum absolute atomic E-state index is 0.0162. The van der Waals surface area contributed by atoms with Gasteiger partial charge in [-0.25, -0.2) is 8.42 Å². The average Bonchev–Trinajstić information content (AvgIpc) is 2.46. The largest absolute Gasteiger partial charge is 0.219 e. The van der Waals surface area contributed by atoms with Crippen LogP contribution in [0.25, 0.3) is 0 Å². The Morgan fingerprint density at radius 3 is 1.62 bits per heavy atom. The van der Waals surface area contributed by atoms with Crippen molar-refractivity contribution in [3.05, 3.63) is 54.1 Å². The van der Waals surface area contributed by atoms with Gasteiger partial charge in [-0.05, 0) is 53.6 Å². The highest BCUT2D eigenvalue weighted by Gasteiger charge is 2.19. The maximum absolute atomic E-state index is 12.6. The molecule has 0 radical (unpaired) electrons. The predicted molar refractivity (Wildman–Crippen MR) is 88.8 cm³/mol. The zero-order valence-electron chi connectivity index (χ0n) is 12.8. The minimum Gasteiger partial charge on any atom is -0.219 e. The lowest BCUT2D eigenvalue weighted by molar-refractivity contribution is 0.586. The zero-order valence-corrected chi connectivity index (χ0v) is 14.4. The molecule has 0 fully saturated rings. The molecule has 0 unspecified atom stereocenters. The SMILES string of the molecule is CSc1ccc(S(=O)(=O)c2ccc(C(C)(C)C)cc2)cc1. The summed E-state index contributed by atoms with van der Waals surface area (Å²) in [7, 11) is -3.44. The maximum atomic E-state index is 12.6. The molecule has 2 aromatic rings. The van der Waals surface area contributed by atoms with Crippen molar-refractivity contribution in [1.82, 2.24) is 0 Å². The number of thioether (sulfide) groups is 1. The van der Waals surface area contributed by atoms with Gasteiger partial charge in [-0.2, -0.15) is 0 Å². The Hall–Kier alpha value is -1.26. The third-order valence-corrected chi connectivity index (χ3v) is 5.93. The van der Waals surface area contributed by atoms with E-state index < -0.39 is 9.84 Å². The van der Waals surface area contributed by atoms with Gasteiger partial charge in [-0.15, -0.1) is 11.8 Å². The molecule has 0 heterocycles. The molecule has 0 aromatic heterocycles. The molecule has 21 heavy (non-hydrogen) atoms. The molecular weight excluding hydrogens is 300 g/mol. The van der Waals surface area contributed by atoms with E-state index in [4.69, 9.17) is 0 Å². The molecular formula is C17H20O2S2. The smallest absolute Gasteiger partial charge is 0.206 e. The Labute approximate surface area is 131 Å². The highest BCUT2D eigenvalue weighted by Crippen LogP contribution is 2.27. The quantitative estimate of drug-likeness (QED) is 0.779. The highest BCUT2D eigenvalue weighted by molar-refractivity contribution is 7.98. The van der Waals surface area contributed by atoms with E-state index in [1.165, 1.54) is 0 Å². The molecule has 0 aliphatic heterocycles. The molecule has 2 aromatic carbocycles. The number of hydrogen-bond acceptors (Lipinski definition) is 3. The summed E-state index contributed by atoms with van der Waals surface area (Å²) in [5.41, 5.74) is 1.14. The second-order valence-electron chi connectivity index (χ2n) is 5.95. The van der Waals surface area contributed by atoms with Crippen LogP contribution in [0, 0.1) is 0 Å². The Kier molecular flexibility index (Phi) is 4.49. The van der Waals surface area contributed by atoms with Crippen LogP contribution >= 0.6 is 11.8 Å². The molecule has 0 aliphatic rings. The molecule has 0 N–H and O–H groups in total. The lowest BCUT2D eigenvalue weighted by atomic mass is 9.87. The van der Waals surface area contributed by atoms with Gasteiger partial charge < -0.3 is 0 Å². The summed E-state index contributed by atoms with van der Waals surface area (Å²) in [6, 6.07) is 14.2. The first-order chi connectivity index (χ1) is 9.75. The Morgan fingerprint density at radius 1 is 0.810 bits per heavy atom. The Balaban J connectivity index is 2.39. The van der Waals surface area contributed by atoms with Crippen molar-refractivity contribution in [3.8, 4) is 0 Å². The lowest BCUT2D eigenvalue weighted by Gasteiger charge is -2.19. The molecule has 2 nitrogen and oxygen atoms in total. The van der Waals surface area contributed by atoms with E-state index in [-0.39, 0.29) is 5.41 Å². The zero-order chi connectivity index (χ0) is 15.7. The van der Waals surface area contributed by atoms with Crippen LogP contribution in [-0.2, 0) is 15.3 Å². The molecule has 0 aliphatic carbocycles. The topological polar surface area (TPSA) is 34.1 Å². The predicted octanol–water partition coefficient (Wildman–Crippen LogP) is 4.54. The van der Waals surface area contributed by atoms with E-state index >= 15 is 0 Å². The fourth-order valence-corrected chi connectivity index (χ4v) is 3.69. The van der Waals surface area contributed by atoms with Crippen LogP contribution in [0.3, 0.4) is 0 Å². The fourth-order valence-electron chi connectivity index (χ4n) is 2.03. The van der Waals surface area contributed by atoms with Gasteiger partial charge in [-0.3, -0.25) is 0 Å². The standard InChI is InChI=1S/C17H20O2S2/c1-17(2,3)13-5-9-15(10-6-13)21(18,19)16-11-7-14(20-4)8-12-16/h5-12H,1-4H3. The monoisotopic (exact) mass is 320 g/mol. The summed E-state index contributed by atoms with van der Waals surface area (Å²) in [4.78, 5) is 1.73. The van der Waals surface area contributed by atoms with E-state index in [2.05, 4.69) is 20.8 Å². The highest BCUT2D eigenvalue weighted by atomic mass is 32.2. The van der Waals surface area contributed by atoms with Gasteiger partial charge in [0, 0.05) is 4.90 Å². The van der Waals surface area contributed by atoms with Gasteiger partial charge in [0.25, 0.3) is 0 Å². The van der Waals surface area contributed by atoms with E-state index in [9.17, 15) is 8.42 Å². The molecule has 0 amide bonds. The molecule has 0 atom stereocenters. The van der Waals surface area contributed by atoms with Gasteiger partial charge in [0.2, 0.25) is 9.84 Å². The van der Waals surface area contributed by atoms with Gasteiger partial charge in [-0.1, -0.05) is 32.9 Å². The van der Waals surface area contributed by atoms with Crippen LogP contribution in [0.1, 0.15) is 26.3 Å².